The van der Waals surface area contributed by atoms with Gasteiger partial charge in [-0.15, -0.1) is 0 Å². The average Bonchev–Trinajstić information content (AvgIpc) is 2.15. The van der Waals surface area contributed by atoms with E-state index in [1.165, 1.54) is 0 Å². The van der Waals surface area contributed by atoms with Gasteiger partial charge in [-0.2, -0.15) is 0 Å². The molecule has 16 heavy (non-hydrogen) atoms. The van der Waals surface area contributed by atoms with Crippen molar-refractivity contribution < 1.29 is 9.90 Å². The van der Waals surface area contributed by atoms with E-state index in [1.54, 1.807) is 0 Å². The molecule has 3 atom stereocenters. The van der Waals surface area contributed by atoms with Gasteiger partial charge in [0, 0.05) is 18.6 Å². The van der Waals surface area contributed by atoms with E-state index in [-0.39, 0.29) is 12.0 Å². The number of carboxylic acids is 1. The molecule has 0 aromatic heterocycles. The fourth-order valence-electron chi connectivity index (χ4n) is 2.75. The molecule has 4 nitrogen and oxygen atoms in total. The second-order valence-corrected chi connectivity index (χ2v) is 5.46. The van der Waals surface area contributed by atoms with Gasteiger partial charge in [0.25, 0.3) is 0 Å². The molecular weight excluding hydrogens is 204 g/mol. The van der Waals surface area contributed by atoms with Crippen LogP contribution in [-0.4, -0.2) is 60.6 Å². The van der Waals surface area contributed by atoms with E-state index in [0.29, 0.717) is 18.5 Å². The van der Waals surface area contributed by atoms with Crippen LogP contribution in [0, 0.1) is 11.8 Å². The molecule has 94 valence electrons. The second kappa shape index (κ2) is 5.15. The normalized spacial score (nSPS) is 32.3. The van der Waals surface area contributed by atoms with Crippen molar-refractivity contribution in [3.8, 4) is 0 Å². The lowest BCUT2D eigenvalue weighted by Crippen LogP contribution is -2.56. The van der Waals surface area contributed by atoms with E-state index in [4.69, 9.17) is 0 Å². The third kappa shape index (κ3) is 2.74. The van der Waals surface area contributed by atoms with Crippen LogP contribution in [0.4, 0.5) is 0 Å². The smallest absolute Gasteiger partial charge is 0.309 e. The maximum absolute atomic E-state index is 11.2. The fourth-order valence-corrected chi connectivity index (χ4v) is 2.75. The van der Waals surface area contributed by atoms with Crippen molar-refractivity contribution in [1.29, 1.82) is 0 Å². The number of hydrogen-bond acceptors (Lipinski definition) is 3. The molecule has 0 bridgehead atoms. The first-order valence-electron chi connectivity index (χ1n) is 5.94. The molecule has 1 rings (SSSR count). The summed E-state index contributed by atoms with van der Waals surface area (Å²) in [6.07, 6.45) is 0.943. The maximum atomic E-state index is 11.2. The number of piperidine rings is 1. The minimum Gasteiger partial charge on any atom is -0.481 e. The lowest BCUT2D eigenvalue weighted by atomic mass is 9.83. The van der Waals surface area contributed by atoms with Gasteiger partial charge < -0.3 is 14.9 Å². The molecule has 1 heterocycles. The van der Waals surface area contributed by atoms with Crippen molar-refractivity contribution in [2.75, 3.05) is 27.7 Å². The monoisotopic (exact) mass is 228 g/mol. The first-order valence-corrected chi connectivity index (χ1v) is 5.94. The number of likely N-dealkylation sites (tertiary alicyclic amines) is 1. The van der Waals surface area contributed by atoms with Crippen LogP contribution < -0.4 is 0 Å². The molecular formula is C12H24N2O2. The predicted octanol–water partition coefficient (Wildman–Crippen LogP) is 0.978. The highest BCUT2D eigenvalue weighted by molar-refractivity contribution is 5.71. The lowest BCUT2D eigenvalue weighted by molar-refractivity contribution is -0.147. The van der Waals surface area contributed by atoms with Crippen LogP contribution in [0.5, 0.6) is 0 Å². The van der Waals surface area contributed by atoms with E-state index >= 15 is 0 Å². The Morgan fingerprint density at radius 1 is 1.44 bits per heavy atom. The van der Waals surface area contributed by atoms with Crippen molar-refractivity contribution >= 4 is 5.97 Å². The molecule has 0 saturated carbocycles. The summed E-state index contributed by atoms with van der Waals surface area (Å²) in [5.74, 6) is -0.370. The van der Waals surface area contributed by atoms with E-state index < -0.39 is 5.97 Å². The van der Waals surface area contributed by atoms with Gasteiger partial charge in [-0.3, -0.25) is 4.79 Å². The van der Waals surface area contributed by atoms with Crippen LogP contribution in [-0.2, 0) is 4.79 Å². The zero-order valence-electron chi connectivity index (χ0n) is 11.0. The third-order valence-corrected chi connectivity index (χ3v) is 3.75. The fraction of sp³-hybridized carbons (Fsp3) is 0.917. The van der Waals surface area contributed by atoms with Crippen LogP contribution in [0.15, 0.2) is 0 Å². The molecule has 0 aliphatic carbocycles. The Labute approximate surface area is 98.2 Å². The maximum Gasteiger partial charge on any atom is 0.309 e. The number of aliphatic carboxylic acids is 1. The molecule has 1 saturated heterocycles. The van der Waals surface area contributed by atoms with Crippen LogP contribution in [0.1, 0.15) is 20.3 Å². The Hall–Kier alpha value is -0.610. The number of carboxylic acid groups (broad SMARTS) is 1. The zero-order chi connectivity index (χ0) is 12.5. The molecule has 4 heteroatoms. The van der Waals surface area contributed by atoms with Gasteiger partial charge in [-0.25, -0.2) is 0 Å². The van der Waals surface area contributed by atoms with E-state index in [1.807, 2.05) is 21.1 Å². The van der Waals surface area contributed by atoms with Gasteiger partial charge in [0.1, 0.15) is 0 Å². The molecule has 1 aliphatic heterocycles. The number of rotatable bonds is 3. The standard InChI is InChI=1S/C12H24N2O2/c1-8(2)10-6-11(13(3)4)9(12(15)16)7-14(10)5/h8-11H,6-7H2,1-5H3,(H,15,16). The summed E-state index contributed by atoms with van der Waals surface area (Å²) >= 11 is 0. The molecule has 0 aromatic carbocycles. The Morgan fingerprint density at radius 2 is 2.00 bits per heavy atom. The van der Waals surface area contributed by atoms with Crippen molar-refractivity contribution in [2.24, 2.45) is 11.8 Å². The van der Waals surface area contributed by atoms with E-state index in [2.05, 4.69) is 23.6 Å². The average molecular weight is 228 g/mol. The topological polar surface area (TPSA) is 43.8 Å². The Kier molecular flexibility index (Phi) is 4.33. The lowest BCUT2D eigenvalue weighted by Gasteiger charge is -2.44. The summed E-state index contributed by atoms with van der Waals surface area (Å²) < 4.78 is 0. The first-order chi connectivity index (χ1) is 7.34. The van der Waals surface area contributed by atoms with Gasteiger partial charge in [-0.1, -0.05) is 13.8 Å². The second-order valence-electron chi connectivity index (χ2n) is 5.46. The predicted molar refractivity (Wildman–Crippen MR) is 64.5 cm³/mol. The van der Waals surface area contributed by atoms with Crippen LogP contribution in [0.2, 0.25) is 0 Å². The van der Waals surface area contributed by atoms with Crippen LogP contribution in [0.25, 0.3) is 0 Å². The van der Waals surface area contributed by atoms with Crippen molar-refractivity contribution in [3.05, 3.63) is 0 Å². The molecule has 1 fully saturated rings. The Balaban J connectivity index is 2.82. The SMILES string of the molecule is CC(C)C1CC(N(C)C)C(C(=O)O)CN1C. The number of hydrogen-bond donors (Lipinski definition) is 1. The van der Waals surface area contributed by atoms with Gasteiger partial charge in [0.15, 0.2) is 0 Å². The largest absolute Gasteiger partial charge is 0.481 e. The van der Waals surface area contributed by atoms with Gasteiger partial charge in [0.05, 0.1) is 5.92 Å². The molecule has 1 aliphatic rings. The molecule has 3 unspecified atom stereocenters. The summed E-state index contributed by atoms with van der Waals surface area (Å²) in [4.78, 5) is 15.5. The summed E-state index contributed by atoms with van der Waals surface area (Å²) in [6, 6.07) is 0.643. The molecule has 0 radical (unpaired) electrons. The van der Waals surface area contributed by atoms with Gasteiger partial charge in [0.2, 0.25) is 0 Å². The van der Waals surface area contributed by atoms with Gasteiger partial charge >= 0.3 is 5.97 Å². The highest BCUT2D eigenvalue weighted by atomic mass is 16.4. The van der Waals surface area contributed by atoms with Crippen LogP contribution in [0.3, 0.4) is 0 Å². The van der Waals surface area contributed by atoms with Gasteiger partial charge in [-0.05, 0) is 33.5 Å². The number of carbonyl (C=O) groups is 1. The molecule has 1 N–H and O–H groups in total. The highest BCUT2D eigenvalue weighted by Crippen LogP contribution is 2.28. The van der Waals surface area contributed by atoms with Crippen molar-refractivity contribution in [3.63, 3.8) is 0 Å². The molecule has 0 amide bonds. The Morgan fingerprint density at radius 3 is 2.38 bits per heavy atom. The molecule has 0 spiro atoms. The summed E-state index contributed by atoms with van der Waals surface area (Å²) in [6.45, 7) is 5.06. The highest BCUT2D eigenvalue weighted by Gasteiger charge is 2.39. The van der Waals surface area contributed by atoms with E-state index in [0.717, 1.165) is 6.42 Å². The number of nitrogens with zero attached hydrogens (tertiary/aromatic N) is 2. The molecule has 0 aromatic rings. The summed E-state index contributed by atoms with van der Waals surface area (Å²) in [5.41, 5.74) is 0. The third-order valence-electron chi connectivity index (χ3n) is 3.75. The van der Waals surface area contributed by atoms with E-state index in [9.17, 15) is 9.90 Å². The van der Waals surface area contributed by atoms with Crippen molar-refractivity contribution in [1.82, 2.24) is 9.80 Å². The first kappa shape index (κ1) is 13.5. The minimum atomic E-state index is -0.673. The van der Waals surface area contributed by atoms with Crippen LogP contribution >= 0.6 is 0 Å². The Bertz CT molecular complexity index is 253. The minimum absolute atomic E-state index is 0.154. The summed E-state index contributed by atoms with van der Waals surface area (Å²) in [7, 11) is 5.99. The summed E-state index contributed by atoms with van der Waals surface area (Å²) in [5, 5.41) is 9.25. The zero-order valence-corrected chi connectivity index (χ0v) is 11.0. The van der Waals surface area contributed by atoms with Crippen molar-refractivity contribution in [2.45, 2.75) is 32.4 Å². The quantitative estimate of drug-likeness (QED) is 0.782.